The van der Waals surface area contributed by atoms with Crippen molar-refractivity contribution in [2.24, 2.45) is 0 Å². The molecule has 2 amide bonds. The summed E-state index contributed by atoms with van der Waals surface area (Å²) in [6.45, 7) is 7.30. The molecular formula is C29H30F3N5O2. The van der Waals surface area contributed by atoms with Gasteiger partial charge >= 0.3 is 6.18 Å². The minimum absolute atomic E-state index is 0.0546. The van der Waals surface area contributed by atoms with Crippen LogP contribution in [0.15, 0.2) is 67.6 Å². The Morgan fingerprint density at radius 3 is 2.67 bits per heavy atom. The SMILES string of the molecule is C=CC(=O)N(C)C1CCCN(c2cnccc2-c2ccc(CNC(=O)c3ccc(C(F)(F)F)nc3)c(C)c2)C1. The van der Waals surface area contributed by atoms with Gasteiger partial charge < -0.3 is 15.1 Å². The molecule has 1 unspecified atom stereocenters. The smallest absolute Gasteiger partial charge is 0.368 e. The van der Waals surface area contributed by atoms with Crippen molar-refractivity contribution in [1.82, 2.24) is 20.2 Å². The van der Waals surface area contributed by atoms with E-state index < -0.39 is 17.8 Å². The highest BCUT2D eigenvalue weighted by atomic mass is 19.4. The van der Waals surface area contributed by atoms with E-state index in [4.69, 9.17) is 0 Å². The summed E-state index contributed by atoms with van der Waals surface area (Å²) < 4.78 is 38.2. The normalized spacial score (nSPS) is 15.5. The van der Waals surface area contributed by atoms with Crippen LogP contribution in [0.25, 0.3) is 11.1 Å². The van der Waals surface area contributed by atoms with Gasteiger partial charge in [0.25, 0.3) is 5.91 Å². The van der Waals surface area contributed by atoms with E-state index in [1.165, 1.54) is 6.08 Å². The summed E-state index contributed by atoms with van der Waals surface area (Å²) in [5.41, 5.74) is 3.83. The van der Waals surface area contributed by atoms with E-state index in [2.05, 4.69) is 26.8 Å². The van der Waals surface area contributed by atoms with Crippen molar-refractivity contribution in [3.05, 3.63) is 90.0 Å². The predicted octanol–water partition coefficient (Wildman–Crippen LogP) is 5.01. The number of alkyl halides is 3. The molecule has 1 saturated heterocycles. The Hall–Kier alpha value is -4.21. The molecule has 7 nitrogen and oxygen atoms in total. The average molecular weight is 538 g/mol. The van der Waals surface area contributed by atoms with Crippen molar-refractivity contribution in [2.45, 2.75) is 38.5 Å². The first-order valence-electron chi connectivity index (χ1n) is 12.6. The van der Waals surface area contributed by atoms with Gasteiger partial charge in [-0.05, 0) is 60.7 Å². The van der Waals surface area contributed by atoms with Crippen molar-refractivity contribution in [1.29, 1.82) is 0 Å². The Bertz CT molecular complexity index is 1360. The molecule has 0 saturated carbocycles. The van der Waals surface area contributed by atoms with Gasteiger partial charge in [-0.3, -0.25) is 19.6 Å². The molecule has 3 aromatic rings. The molecule has 2 aromatic heterocycles. The van der Waals surface area contributed by atoms with E-state index >= 15 is 0 Å². The predicted molar refractivity (Wildman–Crippen MR) is 143 cm³/mol. The number of carbonyl (C=O) groups excluding carboxylic acids is 2. The lowest BCUT2D eigenvalue weighted by Crippen LogP contribution is -2.48. The van der Waals surface area contributed by atoms with Crippen LogP contribution < -0.4 is 10.2 Å². The van der Waals surface area contributed by atoms with Gasteiger partial charge in [0.05, 0.1) is 17.4 Å². The van der Waals surface area contributed by atoms with Crippen molar-refractivity contribution in [2.75, 3.05) is 25.0 Å². The molecule has 10 heteroatoms. The van der Waals surface area contributed by atoms with Crippen LogP contribution in [-0.2, 0) is 17.5 Å². The van der Waals surface area contributed by atoms with Crippen LogP contribution in [0, 0.1) is 6.92 Å². The van der Waals surface area contributed by atoms with Gasteiger partial charge in [0, 0.05) is 50.7 Å². The molecule has 1 fully saturated rings. The number of anilines is 1. The second kappa shape index (κ2) is 11.7. The third kappa shape index (κ3) is 6.45. The number of rotatable bonds is 7. The summed E-state index contributed by atoms with van der Waals surface area (Å²) in [6.07, 6.45) is 3.16. The third-order valence-electron chi connectivity index (χ3n) is 7.02. The highest BCUT2D eigenvalue weighted by Gasteiger charge is 2.32. The van der Waals surface area contributed by atoms with E-state index in [0.29, 0.717) is 6.54 Å². The van der Waals surface area contributed by atoms with Crippen molar-refractivity contribution >= 4 is 17.5 Å². The molecule has 1 aliphatic heterocycles. The second-order valence-electron chi connectivity index (χ2n) is 9.54. The summed E-state index contributed by atoms with van der Waals surface area (Å²) in [4.78, 5) is 36.3. The number of hydrogen-bond donors (Lipinski definition) is 1. The quantitative estimate of drug-likeness (QED) is 0.429. The highest BCUT2D eigenvalue weighted by Crippen LogP contribution is 2.33. The van der Waals surface area contributed by atoms with E-state index in [1.54, 1.807) is 18.1 Å². The zero-order valence-corrected chi connectivity index (χ0v) is 21.8. The van der Waals surface area contributed by atoms with Gasteiger partial charge in [0.2, 0.25) is 5.91 Å². The first-order valence-corrected chi connectivity index (χ1v) is 12.6. The summed E-state index contributed by atoms with van der Waals surface area (Å²) >= 11 is 0. The Kier molecular flexibility index (Phi) is 8.32. The first kappa shape index (κ1) is 27.8. The maximum absolute atomic E-state index is 12.7. The van der Waals surface area contributed by atoms with Gasteiger partial charge in [0.15, 0.2) is 0 Å². The molecule has 39 heavy (non-hydrogen) atoms. The molecule has 1 aliphatic rings. The summed E-state index contributed by atoms with van der Waals surface area (Å²) in [5.74, 6) is -0.600. The van der Waals surface area contributed by atoms with E-state index in [-0.39, 0.29) is 24.1 Å². The van der Waals surface area contributed by atoms with E-state index in [9.17, 15) is 22.8 Å². The van der Waals surface area contributed by atoms with Crippen LogP contribution in [0.4, 0.5) is 18.9 Å². The van der Waals surface area contributed by atoms with Crippen LogP contribution in [0.5, 0.6) is 0 Å². The summed E-state index contributed by atoms with van der Waals surface area (Å²) in [6, 6.07) is 9.88. The van der Waals surface area contributed by atoms with Gasteiger partial charge in [-0.1, -0.05) is 24.8 Å². The van der Waals surface area contributed by atoms with Gasteiger partial charge in [0.1, 0.15) is 5.69 Å². The summed E-state index contributed by atoms with van der Waals surface area (Å²) in [7, 11) is 1.80. The number of benzene rings is 1. The van der Waals surface area contributed by atoms with E-state index in [0.717, 1.165) is 65.7 Å². The minimum Gasteiger partial charge on any atom is -0.368 e. The molecular weight excluding hydrogens is 507 g/mol. The number of pyridine rings is 2. The van der Waals surface area contributed by atoms with Gasteiger partial charge in [-0.15, -0.1) is 0 Å². The number of nitrogens with one attached hydrogen (secondary N) is 1. The Labute approximate surface area is 225 Å². The number of hydrogen-bond acceptors (Lipinski definition) is 5. The highest BCUT2D eigenvalue weighted by molar-refractivity contribution is 5.93. The molecule has 0 radical (unpaired) electrons. The van der Waals surface area contributed by atoms with Gasteiger partial charge in [-0.25, -0.2) is 0 Å². The zero-order valence-electron chi connectivity index (χ0n) is 21.8. The lowest BCUT2D eigenvalue weighted by atomic mass is 9.97. The van der Waals surface area contributed by atoms with Crippen molar-refractivity contribution < 1.29 is 22.8 Å². The van der Waals surface area contributed by atoms with Crippen LogP contribution >= 0.6 is 0 Å². The standard InChI is InChI=1S/C29H30F3N5O2/c1-4-27(38)36(3)23-6-5-13-37(18-23)25-17-33-12-11-24(25)20-7-8-21(19(2)14-20)15-35-28(39)22-9-10-26(34-16-22)29(30,31)32/h4,7-12,14,16-17,23H,1,5-6,13,15,18H2,2-3H3,(H,35,39). The van der Waals surface area contributed by atoms with Crippen molar-refractivity contribution in [3.63, 3.8) is 0 Å². The van der Waals surface area contributed by atoms with Gasteiger partial charge in [-0.2, -0.15) is 13.2 Å². The molecule has 1 N–H and O–H groups in total. The molecule has 0 spiro atoms. The Morgan fingerprint density at radius 2 is 2.00 bits per heavy atom. The second-order valence-corrected chi connectivity index (χ2v) is 9.54. The van der Waals surface area contributed by atoms with Crippen molar-refractivity contribution in [3.8, 4) is 11.1 Å². The number of halogens is 3. The topological polar surface area (TPSA) is 78.4 Å². The first-order chi connectivity index (χ1) is 18.6. The fraction of sp³-hybridized carbons (Fsp3) is 0.310. The molecule has 3 heterocycles. The maximum Gasteiger partial charge on any atom is 0.433 e. The number of likely N-dealkylation sites (N-methyl/N-ethyl adjacent to an activating group) is 1. The lowest BCUT2D eigenvalue weighted by molar-refractivity contribution is -0.141. The molecule has 0 bridgehead atoms. The third-order valence-corrected chi connectivity index (χ3v) is 7.02. The number of aryl methyl sites for hydroxylation is 1. The fourth-order valence-electron chi connectivity index (χ4n) is 4.73. The maximum atomic E-state index is 12.7. The molecule has 204 valence electrons. The van der Waals surface area contributed by atoms with Crippen LogP contribution in [0.1, 0.15) is 40.0 Å². The number of amides is 2. The largest absolute Gasteiger partial charge is 0.433 e. The molecule has 0 aliphatic carbocycles. The van der Waals surface area contributed by atoms with Crippen LogP contribution in [-0.4, -0.2) is 52.9 Å². The minimum atomic E-state index is -4.56. The summed E-state index contributed by atoms with van der Waals surface area (Å²) in [5, 5.41) is 2.75. The molecule has 4 rings (SSSR count). The number of aromatic nitrogens is 2. The van der Waals surface area contributed by atoms with E-state index in [1.807, 2.05) is 37.4 Å². The monoisotopic (exact) mass is 537 g/mol. The lowest BCUT2D eigenvalue weighted by Gasteiger charge is -2.39. The Morgan fingerprint density at radius 1 is 1.21 bits per heavy atom. The zero-order chi connectivity index (χ0) is 28.2. The number of nitrogens with zero attached hydrogens (tertiary/aromatic N) is 4. The number of carbonyl (C=O) groups is 2. The van der Waals surface area contributed by atoms with Crippen LogP contribution in [0.3, 0.4) is 0 Å². The Balaban J connectivity index is 1.47. The fourth-order valence-corrected chi connectivity index (χ4v) is 4.73. The van der Waals surface area contributed by atoms with Crippen LogP contribution in [0.2, 0.25) is 0 Å². The molecule has 1 atom stereocenters. The number of piperidine rings is 1. The molecule has 1 aromatic carbocycles. The average Bonchev–Trinajstić information content (AvgIpc) is 2.95.